The van der Waals surface area contributed by atoms with Gasteiger partial charge in [-0.15, -0.1) is 0 Å². The molecule has 3 heteroatoms. The van der Waals surface area contributed by atoms with Crippen LogP contribution in [0.2, 0.25) is 0 Å². The Morgan fingerprint density at radius 3 is 2.70 bits per heavy atom. The fourth-order valence-electron chi connectivity index (χ4n) is 1.71. The maximum Gasteiger partial charge on any atom is 0.330 e. The molecular formula is C17H22O3. The molecule has 0 unspecified atom stereocenters. The highest BCUT2D eigenvalue weighted by Gasteiger charge is 2.22. The van der Waals surface area contributed by atoms with Crippen LogP contribution < -0.4 is 4.74 Å². The maximum atomic E-state index is 11.5. The number of benzene rings is 1. The number of carbonyl (C=O) groups is 1. The maximum absolute atomic E-state index is 11.5. The van der Waals surface area contributed by atoms with E-state index in [1.165, 1.54) is 18.9 Å². The van der Waals surface area contributed by atoms with Gasteiger partial charge in [-0.1, -0.05) is 25.5 Å². The van der Waals surface area contributed by atoms with Crippen molar-refractivity contribution in [2.45, 2.75) is 32.6 Å². The lowest BCUT2D eigenvalue weighted by Crippen LogP contribution is -2.03. The normalized spacial score (nSPS) is 14.4. The first-order valence-corrected chi connectivity index (χ1v) is 7.35. The summed E-state index contributed by atoms with van der Waals surface area (Å²) in [5.74, 6) is 1.21. The van der Waals surface area contributed by atoms with Crippen LogP contribution in [0.3, 0.4) is 0 Å². The number of esters is 1. The molecule has 1 fully saturated rings. The molecule has 0 radical (unpaired) electrons. The van der Waals surface area contributed by atoms with Crippen molar-refractivity contribution in [3.63, 3.8) is 0 Å². The molecule has 0 aromatic heterocycles. The Morgan fingerprint density at radius 1 is 1.30 bits per heavy atom. The number of rotatable bonds is 8. The van der Waals surface area contributed by atoms with Crippen LogP contribution in [0.1, 0.15) is 38.2 Å². The summed E-state index contributed by atoms with van der Waals surface area (Å²) in [6, 6.07) is 7.72. The Labute approximate surface area is 120 Å². The predicted molar refractivity (Wildman–Crippen MR) is 79.6 cm³/mol. The molecule has 1 saturated carbocycles. The van der Waals surface area contributed by atoms with Crippen LogP contribution in [0.4, 0.5) is 0 Å². The lowest BCUT2D eigenvalue weighted by atomic mass is 10.2. The average Bonchev–Trinajstić information content (AvgIpc) is 3.29. The van der Waals surface area contributed by atoms with E-state index in [1.807, 2.05) is 24.3 Å². The van der Waals surface area contributed by atoms with Crippen molar-refractivity contribution in [2.24, 2.45) is 5.92 Å². The summed E-state index contributed by atoms with van der Waals surface area (Å²) in [7, 11) is 0. The molecule has 0 atom stereocenters. The molecule has 1 aliphatic carbocycles. The molecule has 0 N–H and O–H groups in total. The topological polar surface area (TPSA) is 35.5 Å². The molecule has 1 aromatic rings. The third-order valence-electron chi connectivity index (χ3n) is 3.22. The van der Waals surface area contributed by atoms with Gasteiger partial charge in [-0.05, 0) is 49.0 Å². The number of hydrogen-bond donors (Lipinski definition) is 0. The van der Waals surface area contributed by atoms with Crippen molar-refractivity contribution < 1.29 is 14.3 Å². The summed E-state index contributed by atoms with van der Waals surface area (Å²) in [4.78, 5) is 11.5. The zero-order chi connectivity index (χ0) is 14.2. The number of carbonyl (C=O) groups excluding carboxylic acids is 1. The Kier molecular flexibility index (Phi) is 5.66. The summed E-state index contributed by atoms with van der Waals surface area (Å²) in [5, 5.41) is 0. The third-order valence-corrected chi connectivity index (χ3v) is 3.22. The van der Waals surface area contributed by atoms with Crippen LogP contribution >= 0.6 is 0 Å². The summed E-state index contributed by atoms with van der Waals surface area (Å²) >= 11 is 0. The van der Waals surface area contributed by atoms with Crippen molar-refractivity contribution in [1.82, 2.24) is 0 Å². The van der Waals surface area contributed by atoms with E-state index < -0.39 is 0 Å². The summed E-state index contributed by atoms with van der Waals surface area (Å²) in [5.41, 5.74) is 0.969. The van der Waals surface area contributed by atoms with Gasteiger partial charge in [0.2, 0.25) is 0 Å². The van der Waals surface area contributed by atoms with E-state index in [1.54, 1.807) is 6.08 Å². The first kappa shape index (κ1) is 14.6. The van der Waals surface area contributed by atoms with Crippen molar-refractivity contribution in [3.05, 3.63) is 35.9 Å². The lowest BCUT2D eigenvalue weighted by molar-refractivity contribution is -0.138. The minimum atomic E-state index is -0.264. The zero-order valence-electron chi connectivity index (χ0n) is 12.0. The second kappa shape index (κ2) is 7.73. The zero-order valence-corrected chi connectivity index (χ0v) is 12.0. The van der Waals surface area contributed by atoms with E-state index in [0.717, 1.165) is 30.8 Å². The molecule has 0 heterocycles. The van der Waals surface area contributed by atoms with Gasteiger partial charge in [0.1, 0.15) is 5.75 Å². The molecule has 3 nitrogen and oxygen atoms in total. The standard InChI is InChI=1S/C17H22O3/c1-2-3-12-19-16-9-6-14(7-10-16)8-11-17(18)20-13-15-4-5-15/h6-11,15H,2-5,12-13H2,1H3/b11-8+. The van der Waals surface area contributed by atoms with E-state index in [9.17, 15) is 4.79 Å². The quantitative estimate of drug-likeness (QED) is 0.410. The predicted octanol–water partition coefficient (Wildman–Crippen LogP) is 3.83. The minimum Gasteiger partial charge on any atom is -0.494 e. The molecule has 108 valence electrons. The van der Waals surface area contributed by atoms with Gasteiger partial charge in [-0.2, -0.15) is 0 Å². The molecule has 1 aromatic carbocycles. The molecule has 2 rings (SSSR count). The fourth-order valence-corrected chi connectivity index (χ4v) is 1.71. The van der Waals surface area contributed by atoms with Gasteiger partial charge in [0.15, 0.2) is 0 Å². The Hall–Kier alpha value is -1.77. The van der Waals surface area contributed by atoms with Crippen molar-refractivity contribution >= 4 is 12.0 Å². The van der Waals surface area contributed by atoms with E-state index >= 15 is 0 Å². The number of ether oxygens (including phenoxy) is 2. The van der Waals surface area contributed by atoms with Crippen LogP contribution in [-0.2, 0) is 9.53 Å². The minimum absolute atomic E-state index is 0.264. The first-order valence-electron chi connectivity index (χ1n) is 7.35. The van der Waals surface area contributed by atoms with E-state index in [0.29, 0.717) is 12.5 Å². The SMILES string of the molecule is CCCCOc1ccc(/C=C/C(=O)OCC2CC2)cc1. The van der Waals surface area contributed by atoms with Gasteiger partial charge >= 0.3 is 5.97 Å². The smallest absolute Gasteiger partial charge is 0.330 e. The van der Waals surface area contributed by atoms with E-state index in [2.05, 4.69) is 6.92 Å². The highest BCUT2D eigenvalue weighted by atomic mass is 16.5. The van der Waals surface area contributed by atoms with Gasteiger partial charge in [0.05, 0.1) is 13.2 Å². The van der Waals surface area contributed by atoms with Crippen LogP contribution in [0.15, 0.2) is 30.3 Å². The average molecular weight is 274 g/mol. The van der Waals surface area contributed by atoms with Gasteiger partial charge < -0.3 is 9.47 Å². The molecule has 0 spiro atoms. The largest absolute Gasteiger partial charge is 0.494 e. The molecule has 20 heavy (non-hydrogen) atoms. The second-order valence-electron chi connectivity index (χ2n) is 5.18. The van der Waals surface area contributed by atoms with Crippen molar-refractivity contribution in [1.29, 1.82) is 0 Å². The van der Waals surface area contributed by atoms with Crippen LogP contribution in [-0.4, -0.2) is 19.2 Å². The Bertz CT molecular complexity index is 444. The van der Waals surface area contributed by atoms with Gasteiger partial charge in [-0.25, -0.2) is 4.79 Å². The van der Waals surface area contributed by atoms with E-state index in [4.69, 9.17) is 9.47 Å². The van der Waals surface area contributed by atoms with Gasteiger partial charge in [0, 0.05) is 6.08 Å². The highest BCUT2D eigenvalue weighted by molar-refractivity contribution is 5.87. The summed E-state index contributed by atoms with van der Waals surface area (Å²) in [6.45, 7) is 3.45. The van der Waals surface area contributed by atoms with Crippen LogP contribution in [0, 0.1) is 5.92 Å². The summed E-state index contributed by atoms with van der Waals surface area (Å²) < 4.78 is 10.7. The molecule has 0 amide bonds. The Balaban J connectivity index is 1.75. The van der Waals surface area contributed by atoms with Crippen LogP contribution in [0.25, 0.3) is 6.08 Å². The monoisotopic (exact) mass is 274 g/mol. The molecule has 0 aliphatic heterocycles. The van der Waals surface area contributed by atoms with Crippen molar-refractivity contribution in [3.8, 4) is 5.75 Å². The van der Waals surface area contributed by atoms with Crippen LogP contribution in [0.5, 0.6) is 5.75 Å². The first-order chi connectivity index (χ1) is 9.78. The summed E-state index contributed by atoms with van der Waals surface area (Å²) in [6.07, 6.45) is 7.83. The Morgan fingerprint density at radius 2 is 2.05 bits per heavy atom. The van der Waals surface area contributed by atoms with Gasteiger partial charge in [-0.3, -0.25) is 0 Å². The number of hydrogen-bond acceptors (Lipinski definition) is 3. The van der Waals surface area contributed by atoms with E-state index in [-0.39, 0.29) is 5.97 Å². The fraction of sp³-hybridized carbons (Fsp3) is 0.471. The number of unbranched alkanes of at least 4 members (excludes halogenated alkanes) is 1. The van der Waals surface area contributed by atoms with Gasteiger partial charge in [0.25, 0.3) is 0 Å². The van der Waals surface area contributed by atoms with Crippen molar-refractivity contribution in [2.75, 3.05) is 13.2 Å². The third kappa shape index (κ3) is 5.47. The molecular weight excluding hydrogens is 252 g/mol. The molecule has 0 bridgehead atoms. The second-order valence-corrected chi connectivity index (χ2v) is 5.18. The highest BCUT2D eigenvalue weighted by Crippen LogP contribution is 2.28. The lowest BCUT2D eigenvalue weighted by Gasteiger charge is -2.05. The molecule has 0 saturated heterocycles. The molecule has 1 aliphatic rings.